The highest BCUT2D eigenvalue weighted by atomic mass is 35.5. The van der Waals surface area contributed by atoms with Crippen molar-refractivity contribution in [3.05, 3.63) is 34.9 Å². The van der Waals surface area contributed by atoms with Crippen LogP contribution in [0, 0.1) is 5.92 Å². The van der Waals surface area contributed by atoms with Gasteiger partial charge in [-0.05, 0) is 37.4 Å². The van der Waals surface area contributed by atoms with Gasteiger partial charge < -0.3 is 4.90 Å². The molecule has 1 aromatic carbocycles. The summed E-state index contributed by atoms with van der Waals surface area (Å²) in [7, 11) is 3.92. The van der Waals surface area contributed by atoms with Crippen LogP contribution >= 0.6 is 11.6 Å². The first-order valence-electron chi connectivity index (χ1n) is 7.62. The summed E-state index contributed by atoms with van der Waals surface area (Å²) in [6.45, 7) is 4.76. The maximum absolute atomic E-state index is 12.3. The zero-order chi connectivity index (χ0) is 15.6. The molecule has 1 amide bonds. The molecule has 1 saturated carbocycles. The fraction of sp³-hybridized carbons (Fsp3) is 0.588. The molecule has 0 saturated heterocycles. The van der Waals surface area contributed by atoms with Gasteiger partial charge in [0.25, 0.3) is 0 Å². The molecule has 21 heavy (non-hydrogen) atoms. The molecule has 2 rings (SSSR count). The van der Waals surface area contributed by atoms with E-state index < -0.39 is 0 Å². The van der Waals surface area contributed by atoms with Crippen molar-refractivity contribution < 1.29 is 4.79 Å². The Balaban J connectivity index is 2.10. The molecule has 0 spiro atoms. The summed E-state index contributed by atoms with van der Waals surface area (Å²) >= 11 is 6.34. The van der Waals surface area contributed by atoms with Crippen LogP contribution < -0.4 is 0 Å². The number of halogens is 1. The minimum atomic E-state index is 0.148. The van der Waals surface area contributed by atoms with Crippen LogP contribution in [0.2, 0.25) is 5.02 Å². The first-order chi connectivity index (χ1) is 9.91. The summed E-state index contributed by atoms with van der Waals surface area (Å²) in [5.74, 6) is 0.576. The van der Waals surface area contributed by atoms with Crippen molar-refractivity contribution in [1.29, 1.82) is 0 Å². The zero-order valence-electron chi connectivity index (χ0n) is 13.3. The van der Waals surface area contributed by atoms with Crippen LogP contribution in [0.5, 0.6) is 0 Å². The molecule has 0 heterocycles. The van der Waals surface area contributed by atoms with Crippen molar-refractivity contribution >= 4 is 17.5 Å². The van der Waals surface area contributed by atoms with Crippen molar-refractivity contribution in [2.45, 2.75) is 38.8 Å². The Morgan fingerprint density at radius 3 is 2.43 bits per heavy atom. The van der Waals surface area contributed by atoms with Crippen LogP contribution in [0.1, 0.15) is 38.3 Å². The molecule has 116 valence electrons. The number of hydrogen-bond acceptors (Lipinski definition) is 2. The number of carbonyl (C=O) groups excluding carboxylic acids is 1. The highest BCUT2D eigenvalue weighted by Gasteiger charge is 2.31. The normalized spacial score (nSPS) is 16.3. The molecule has 1 aromatic rings. The first-order valence-corrected chi connectivity index (χ1v) is 8.00. The quantitative estimate of drug-likeness (QED) is 0.802. The molecule has 0 bridgehead atoms. The number of hydrogen-bond donors (Lipinski definition) is 0. The third-order valence-electron chi connectivity index (χ3n) is 4.20. The summed E-state index contributed by atoms with van der Waals surface area (Å²) in [4.78, 5) is 16.3. The van der Waals surface area contributed by atoms with Gasteiger partial charge >= 0.3 is 0 Å². The maximum atomic E-state index is 12.3. The van der Waals surface area contributed by atoms with Gasteiger partial charge in [0.2, 0.25) is 5.91 Å². The molecule has 1 atom stereocenters. The highest BCUT2D eigenvalue weighted by molar-refractivity contribution is 6.31. The van der Waals surface area contributed by atoms with E-state index in [-0.39, 0.29) is 11.9 Å². The summed E-state index contributed by atoms with van der Waals surface area (Å²) in [5.41, 5.74) is 1.10. The van der Waals surface area contributed by atoms with Gasteiger partial charge in [-0.25, -0.2) is 0 Å². The van der Waals surface area contributed by atoms with Gasteiger partial charge in [-0.15, -0.1) is 0 Å². The highest BCUT2D eigenvalue weighted by Crippen LogP contribution is 2.32. The van der Waals surface area contributed by atoms with Gasteiger partial charge in [-0.2, -0.15) is 0 Å². The fourth-order valence-corrected chi connectivity index (χ4v) is 3.16. The van der Waals surface area contributed by atoms with Gasteiger partial charge in [0.1, 0.15) is 0 Å². The molecule has 4 heteroatoms. The van der Waals surface area contributed by atoms with Crippen molar-refractivity contribution in [3.8, 4) is 0 Å². The van der Waals surface area contributed by atoms with Crippen LogP contribution in [-0.2, 0) is 4.79 Å². The van der Waals surface area contributed by atoms with Crippen molar-refractivity contribution in [1.82, 2.24) is 9.80 Å². The molecule has 1 fully saturated rings. The molecule has 0 aromatic heterocycles. The van der Waals surface area contributed by atoms with Gasteiger partial charge in [0, 0.05) is 24.2 Å². The van der Waals surface area contributed by atoms with Gasteiger partial charge in [0.05, 0.1) is 6.54 Å². The molecule has 1 aliphatic rings. The Hall–Kier alpha value is -1.06. The van der Waals surface area contributed by atoms with E-state index >= 15 is 0 Å². The maximum Gasteiger partial charge on any atom is 0.236 e. The number of benzene rings is 1. The molecule has 1 aliphatic carbocycles. The van der Waals surface area contributed by atoms with Crippen LogP contribution in [0.4, 0.5) is 0 Å². The van der Waals surface area contributed by atoms with E-state index in [1.807, 2.05) is 37.2 Å². The monoisotopic (exact) mass is 308 g/mol. The molecular weight excluding hydrogens is 284 g/mol. The number of rotatable bonds is 6. The van der Waals surface area contributed by atoms with E-state index in [4.69, 9.17) is 11.6 Å². The second-order valence-corrected chi connectivity index (χ2v) is 6.77. The Morgan fingerprint density at radius 1 is 1.29 bits per heavy atom. The second kappa shape index (κ2) is 6.80. The lowest BCUT2D eigenvalue weighted by Gasteiger charge is -2.33. The van der Waals surface area contributed by atoms with Crippen LogP contribution in [0.15, 0.2) is 24.3 Å². The van der Waals surface area contributed by atoms with Crippen molar-refractivity contribution in [2.24, 2.45) is 5.92 Å². The third-order valence-corrected chi connectivity index (χ3v) is 4.55. The van der Waals surface area contributed by atoms with Gasteiger partial charge in [-0.3, -0.25) is 9.69 Å². The van der Waals surface area contributed by atoms with E-state index in [1.165, 1.54) is 0 Å². The third kappa shape index (κ3) is 3.98. The molecule has 1 unspecified atom stereocenters. The first kappa shape index (κ1) is 16.3. The standard InChI is InChI=1S/C17H25ClN2O/c1-12(2)17(14-7-5-6-8-15(14)18)19(3)11-16(21)20(4)13-9-10-13/h5-8,12-13,17H,9-11H2,1-4H3. The molecular formula is C17H25ClN2O. The van der Waals surface area contributed by atoms with Crippen LogP contribution in [0.3, 0.4) is 0 Å². The smallest absolute Gasteiger partial charge is 0.236 e. The number of amides is 1. The SMILES string of the molecule is CC(C)C(c1ccccc1Cl)N(C)CC(=O)N(C)C1CC1. The lowest BCUT2D eigenvalue weighted by atomic mass is 9.94. The van der Waals surface area contributed by atoms with Crippen molar-refractivity contribution in [3.63, 3.8) is 0 Å². The molecule has 3 nitrogen and oxygen atoms in total. The van der Waals surface area contributed by atoms with E-state index in [0.717, 1.165) is 23.4 Å². The number of nitrogens with zero attached hydrogens (tertiary/aromatic N) is 2. The average molecular weight is 309 g/mol. The Labute approximate surface area is 132 Å². The summed E-state index contributed by atoms with van der Waals surface area (Å²) in [5, 5.41) is 0.769. The van der Waals surface area contributed by atoms with Crippen LogP contribution in [0.25, 0.3) is 0 Å². The minimum absolute atomic E-state index is 0.148. The molecule has 0 aliphatic heterocycles. The number of likely N-dealkylation sites (N-methyl/N-ethyl adjacent to an activating group) is 2. The minimum Gasteiger partial charge on any atom is -0.342 e. The second-order valence-electron chi connectivity index (χ2n) is 6.36. The largest absolute Gasteiger partial charge is 0.342 e. The van der Waals surface area contributed by atoms with E-state index in [0.29, 0.717) is 18.5 Å². The predicted molar refractivity (Wildman–Crippen MR) is 87.5 cm³/mol. The van der Waals surface area contributed by atoms with Gasteiger partial charge in [-0.1, -0.05) is 43.6 Å². The Bertz CT molecular complexity index is 499. The average Bonchev–Trinajstić information content (AvgIpc) is 3.24. The Kier molecular flexibility index (Phi) is 5.28. The number of carbonyl (C=O) groups is 1. The summed E-state index contributed by atoms with van der Waals surface area (Å²) in [6.07, 6.45) is 2.29. The fourth-order valence-electron chi connectivity index (χ4n) is 2.91. The van der Waals surface area contributed by atoms with E-state index in [2.05, 4.69) is 24.8 Å². The van der Waals surface area contributed by atoms with Crippen LogP contribution in [-0.4, -0.2) is 42.4 Å². The topological polar surface area (TPSA) is 23.6 Å². The summed E-state index contributed by atoms with van der Waals surface area (Å²) in [6, 6.07) is 8.52. The zero-order valence-corrected chi connectivity index (χ0v) is 14.1. The summed E-state index contributed by atoms with van der Waals surface area (Å²) < 4.78 is 0. The van der Waals surface area contributed by atoms with Gasteiger partial charge in [0.15, 0.2) is 0 Å². The Morgan fingerprint density at radius 2 is 1.90 bits per heavy atom. The molecule has 0 N–H and O–H groups in total. The predicted octanol–water partition coefficient (Wildman–Crippen LogP) is 3.59. The molecule has 0 radical (unpaired) electrons. The van der Waals surface area contributed by atoms with E-state index in [9.17, 15) is 4.79 Å². The van der Waals surface area contributed by atoms with Crippen molar-refractivity contribution in [2.75, 3.05) is 20.6 Å². The lowest BCUT2D eigenvalue weighted by Crippen LogP contribution is -2.40. The van der Waals surface area contributed by atoms with E-state index in [1.54, 1.807) is 0 Å². The lowest BCUT2D eigenvalue weighted by molar-refractivity contribution is -0.132.